The Bertz CT molecular complexity index is 119. The smallest absolute Gasteiger partial charge is 0.00561 e. The first-order chi connectivity index (χ1) is 10.2. The molecule has 0 aromatic rings. The Morgan fingerprint density at radius 3 is 0.792 bits per heavy atom. The zero-order valence-corrected chi connectivity index (χ0v) is 18.2. The summed E-state index contributed by atoms with van der Waals surface area (Å²) in [6, 6.07) is 0. The summed E-state index contributed by atoms with van der Waals surface area (Å²) in [7, 11) is 0. The van der Waals surface area contributed by atoms with Crippen molar-refractivity contribution in [3.8, 4) is 0 Å². The molecule has 0 aromatic heterocycles. The van der Waals surface area contributed by atoms with Gasteiger partial charge >= 0.3 is 0 Å². The largest absolute Gasteiger partial charge is 0.269 e. The van der Waals surface area contributed by atoms with E-state index in [2.05, 4.69) is 73.4 Å². The Morgan fingerprint density at radius 1 is 0.458 bits per heavy atom. The average Bonchev–Trinajstić information content (AvgIpc) is 2.50. The lowest BCUT2D eigenvalue weighted by atomic mass is 10.3. The Balaban J connectivity index is -0.0000000476. The predicted octanol–water partition coefficient (Wildman–Crippen LogP) is 5.29. The molecular weight excluding hydrogens is 375 g/mol. The number of rotatable bonds is 12. The molecule has 0 spiro atoms. The third-order valence-electron chi connectivity index (χ3n) is 2.68. The van der Waals surface area contributed by atoms with Gasteiger partial charge in [0.25, 0.3) is 0 Å². The van der Waals surface area contributed by atoms with Crippen molar-refractivity contribution in [2.45, 2.75) is 78.6 Å². The molecule has 0 bridgehead atoms. The summed E-state index contributed by atoms with van der Waals surface area (Å²) in [4.78, 5) is 0. The normalized spacial score (nSPS) is 8.25. The van der Waals surface area contributed by atoms with Crippen LogP contribution in [-0.2, 0) is 0 Å². The lowest BCUT2D eigenvalue weighted by Crippen LogP contribution is -1.99. The fourth-order valence-electron chi connectivity index (χ4n) is 1.36. The van der Waals surface area contributed by atoms with Crippen LogP contribution in [0.15, 0.2) is 0 Å². The van der Waals surface area contributed by atoms with Gasteiger partial charge in [0.1, 0.15) is 0 Å². The van der Waals surface area contributed by atoms with Crippen LogP contribution in [0.2, 0.25) is 0 Å². The van der Waals surface area contributed by atoms with Crippen LogP contribution in [0, 0.1) is 0 Å². The highest BCUT2D eigenvalue weighted by molar-refractivity contribution is 7.78. The number of thiol groups is 3. The Kier molecular flexibility index (Phi) is 81.9. The molecular formula is C15H42F3N3S3. The van der Waals surface area contributed by atoms with Crippen molar-refractivity contribution in [1.29, 1.82) is 0 Å². The summed E-state index contributed by atoms with van der Waals surface area (Å²) >= 11 is 11.5. The minimum absolute atomic E-state index is 0. The molecule has 3 N–H and O–H groups in total. The van der Waals surface area contributed by atoms with E-state index in [-0.39, 0.29) is 14.1 Å². The van der Waals surface area contributed by atoms with Crippen LogP contribution in [0.25, 0.3) is 0 Å². The molecule has 0 aliphatic rings. The maximum absolute atomic E-state index is 3.84. The number of hydrogen-bond donors (Lipinski definition) is 6. The lowest BCUT2D eigenvalue weighted by Gasteiger charge is -1.92. The minimum Gasteiger partial charge on any atom is -0.269 e. The monoisotopic (exact) mass is 417 g/mol. The highest BCUT2D eigenvalue weighted by atomic mass is 32.1. The fourth-order valence-corrected chi connectivity index (χ4v) is 1.84. The van der Waals surface area contributed by atoms with Crippen molar-refractivity contribution in [3.63, 3.8) is 0 Å². The molecule has 156 valence electrons. The molecule has 0 unspecified atom stereocenters. The summed E-state index contributed by atoms with van der Waals surface area (Å²) in [5, 5.41) is 0. The maximum atomic E-state index is 3.84. The molecule has 0 fully saturated rings. The summed E-state index contributed by atoms with van der Waals surface area (Å²) < 4.78 is 8.39. The van der Waals surface area contributed by atoms with E-state index in [9.17, 15) is 0 Å². The Hall–Kier alpha value is 0.720. The molecule has 0 aliphatic carbocycles. The second-order valence-corrected chi connectivity index (χ2v) is 5.79. The molecule has 0 atom stereocenters. The molecule has 0 saturated heterocycles. The molecule has 0 aromatic carbocycles. The first-order valence-corrected chi connectivity index (χ1v) is 9.69. The summed E-state index contributed by atoms with van der Waals surface area (Å²) in [5.74, 6) is 0. The van der Waals surface area contributed by atoms with Crippen LogP contribution in [0.4, 0.5) is 14.1 Å². The van der Waals surface area contributed by atoms with Gasteiger partial charge in [0, 0.05) is 19.6 Å². The number of halogens is 3. The lowest BCUT2D eigenvalue weighted by molar-refractivity contribution is 0.710. The zero-order valence-electron chi connectivity index (χ0n) is 15.6. The van der Waals surface area contributed by atoms with Crippen LogP contribution >= 0.6 is 38.4 Å². The molecule has 0 radical (unpaired) electrons. The van der Waals surface area contributed by atoms with Crippen molar-refractivity contribution in [1.82, 2.24) is 14.2 Å². The maximum Gasteiger partial charge on any atom is 0.00561 e. The quantitative estimate of drug-likeness (QED) is 0.193. The van der Waals surface area contributed by atoms with Gasteiger partial charge in [-0.25, -0.2) is 0 Å². The molecule has 9 heteroatoms. The molecule has 0 aliphatic heterocycles. The third kappa shape index (κ3) is 66.2. The minimum atomic E-state index is 0. The predicted molar refractivity (Wildman–Crippen MR) is 117 cm³/mol. The van der Waals surface area contributed by atoms with Gasteiger partial charge in [-0.3, -0.25) is 28.3 Å². The molecule has 0 saturated carbocycles. The summed E-state index contributed by atoms with van der Waals surface area (Å²) in [5.41, 5.74) is 0. The SMILES string of the molecule is CCCCCNS.CCCCCNS.CCCCCNS.F.F.F. The van der Waals surface area contributed by atoms with Gasteiger partial charge in [0.05, 0.1) is 0 Å². The van der Waals surface area contributed by atoms with Crippen LogP contribution < -0.4 is 14.2 Å². The first kappa shape index (κ1) is 39.7. The van der Waals surface area contributed by atoms with Crippen molar-refractivity contribution in [2.75, 3.05) is 19.6 Å². The molecule has 3 nitrogen and oxygen atoms in total. The van der Waals surface area contributed by atoms with Gasteiger partial charge in [-0.1, -0.05) is 97.7 Å². The van der Waals surface area contributed by atoms with E-state index in [0.29, 0.717) is 0 Å². The summed E-state index contributed by atoms with van der Waals surface area (Å²) in [6.45, 7) is 9.69. The van der Waals surface area contributed by atoms with Gasteiger partial charge < -0.3 is 0 Å². The average molecular weight is 418 g/mol. The number of hydrogen-bond acceptors (Lipinski definition) is 6. The summed E-state index contributed by atoms with van der Waals surface area (Å²) in [6.07, 6.45) is 11.6. The van der Waals surface area contributed by atoms with Crippen LogP contribution in [0.1, 0.15) is 78.6 Å². The molecule has 0 amide bonds. The van der Waals surface area contributed by atoms with Gasteiger partial charge in [-0.2, -0.15) is 0 Å². The van der Waals surface area contributed by atoms with E-state index in [1.807, 2.05) is 0 Å². The van der Waals surface area contributed by atoms with E-state index < -0.39 is 0 Å². The van der Waals surface area contributed by atoms with E-state index in [1.165, 1.54) is 57.8 Å². The van der Waals surface area contributed by atoms with Crippen molar-refractivity contribution in [3.05, 3.63) is 0 Å². The second-order valence-electron chi connectivity index (χ2n) is 4.85. The van der Waals surface area contributed by atoms with Crippen molar-refractivity contribution >= 4 is 38.4 Å². The topological polar surface area (TPSA) is 36.1 Å². The standard InChI is InChI=1S/3C5H13NS.3FH/c3*1-2-3-4-5-6-7;;;/h3*6-7H,2-5H2,1H3;3*1H. The van der Waals surface area contributed by atoms with Crippen molar-refractivity contribution in [2.24, 2.45) is 0 Å². The highest BCUT2D eigenvalue weighted by Crippen LogP contribution is 1.91. The number of unbranched alkanes of at least 4 members (excludes halogenated alkanes) is 6. The highest BCUT2D eigenvalue weighted by Gasteiger charge is 1.80. The Labute approximate surface area is 165 Å². The number of nitrogens with one attached hydrogen (secondary N) is 3. The van der Waals surface area contributed by atoms with E-state index in [4.69, 9.17) is 0 Å². The molecule has 0 rings (SSSR count). The van der Waals surface area contributed by atoms with Gasteiger partial charge in [-0.05, 0) is 19.3 Å². The molecule has 24 heavy (non-hydrogen) atoms. The van der Waals surface area contributed by atoms with Crippen LogP contribution in [0.5, 0.6) is 0 Å². The third-order valence-corrected chi connectivity index (χ3v) is 3.35. The van der Waals surface area contributed by atoms with E-state index in [1.54, 1.807) is 0 Å². The van der Waals surface area contributed by atoms with E-state index in [0.717, 1.165) is 19.6 Å². The molecule has 0 heterocycles. The van der Waals surface area contributed by atoms with Gasteiger partial charge in [-0.15, -0.1) is 0 Å². The van der Waals surface area contributed by atoms with Crippen molar-refractivity contribution < 1.29 is 14.1 Å². The van der Waals surface area contributed by atoms with E-state index >= 15 is 0 Å². The van der Waals surface area contributed by atoms with Crippen LogP contribution in [-0.4, -0.2) is 19.6 Å². The second kappa shape index (κ2) is 49.5. The van der Waals surface area contributed by atoms with Gasteiger partial charge in [0.2, 0.25) is 0 Å². The van der Waals surface area contributed by atoms with Crippen LogP contribution in [0.3, 0.4) is 0 Å². The zero-order chi connectivity index (χ0) is 16.6. The van der Waals surface area contributed by atoms with Gasteiger partial charge in [0.15, 0.2) is 0 Å². The first-order valence-electron chi connectivity index (χ1n) is 8.35. The fraction of sp³-hybridized carbons (Fsp3) is 1.00. The Morgan fingerprint density at radius 2 is 0.667 bits per heavy atom.